The number of carboxylic acids is 1. The number of carbonyl (C=O) groups is 2. The van der Waals surface area contributed by atoms with Gasteiger partial charge in [-0.15, -0.1) is 11.3 Å². The zero-order chi connectivity index (χ0) is 13.5. The average molecular weight is 269 g/mol. The Morgan fingerprint density at radius 2 is 2.22 bits per heavy atom. The van der Waals surface area contributed by atoms with E-state index in [4.69, 9.17) is 10.2 Å². The van der Waals surface area contributed by atoms with Gasteiger partial charge in [-0.3, -0.25) is 4.79 Å². The van der Waals surface area contributed by atoms with Gasteiger partial charge in [-0.1, -0.05) is 0 Å². The fourth-order valence-electron chi connectivity index (χ4n) is 1.31. The lowest BCUT2D eigenvalue weighted by Crippen LogP contribution is -2.40. The largest absolute Gasteiger partial charge is 0.480 e. The molecule has 0 saturated heterocycles. The average Bonchev–Trinajstić information content (AvgIpc) is 2.72. The lowest BCUT2D eigenvalue weighted by Gasteiger charge is -2.10. The number of amides is 1. The van der Waals surface area contributed by atoms with Crippen molar-refractivity contribution in [3.8, 4) is 0 Å². The molecule has 1 rings (SSSR count). The molecule has 6 heteroatoms. The third-order valence-corrected chi connectivity index (χ3v) is 3.16. The van der Waals surface area contributed by atoms with Crippen molar-refractivity contribution in [2.24, 2.45) is 0 Å². The number of aliphatic carboxylic acids is 1. The number of hydrogen-bond acceptors (Lipinski definition) is 4. The zero-order valence-electron chi connectivity index (χ0n) is 9.92. The van der Waals surface area contributed by atoms with Crippen molar-refractivity contribution >= 4 is 29.3 Å². The van der Waals surface area contributed by atoms with E-state index in [0.717, 1.165) is 9.75 Å². The molecule has 0 spiro atoms. The molecule has 98 valence electrons. The van der Waals surface area contributed by atoms with Gasteiger partial charge in [0.2, 0.25) is 5.91 Å². The van der Waals surface area contributed by atoms with Gasteiger partial charge in [0.25, 0.3) is 0 Å². The maximum Gasteiger partial charge on any atom is 0.326 e. The molecule has 0 aliphatic rings. The number of carbonyl (C=O) groups excluding carboxylic acids is 1. The number of aliphatic hydroxyl groups excluding tert-OH is 1. The van der Waals surface area contributed by atoms with Crippen LogP contribution in [0.25, 0.3) is 6.08 Å². The van der Waals surface area contributed by atoms with Crippen LogP contribution in [0.5, 0.6) is 0 Å². The maximum atomic E-state index is 11.5. The molecule has 5 nitrogen and oxygen atoms in total. The molecule has 1 aromatic heterocycles. The van der Waals surface area contributed by atoms with Gasteiger partial charge in [0, 0.05) is 28.9 Å². The number of aryl methyl sites for hydroxylation is 1. The maximum absolute atomic E-state index is 11.5. The molecule has 0 saturated carbocycles. The van der Waals surface area contributed by atoms with Crippen LogP contribution in [0, 0.1) is 6.92 Å². The van der Waals surface area contributed by atoms with Gasteiger partial charge >= 0.3 is 5.97 Å². The van der Waals surface area contributed by atoms with E-state index in [2.05, 4.69) is 5.32 Å². The second-order valence-electron chi connectivity index (χ2n) is 3.69. The van der Waals surface area contributed by atoms with Crippen molar-refractivity contribution in [3.63, 3.8) is 0 Å². The van der Waals surface area contributed by atoms with Crippen LogP contribution in [0.2, 0.25) is 0 Å². The van der Waals surface area contributed by atoms with E-state index in [1.165, 1.54) is 6.08 Å². The topological polar surface area (TPSA) is 86.6 Å². The van der Waals surface area contributed by atoms with Crippen molar-refractivity contribution in [1.82, 2.24) is 5.32 Å². The number of thiophene rings is 1. The quantitative estimate of drug-likeness (QED) is 0.673. The fraction of sp³-hybridized carbons (Fsp3) is 0.333. The first kappa shape index (κ1) is 14.4. The van der Waals surface area contributed by atoms with E-state index in [1.807, 2.05) is 19.1 Å². The Hall–Kier alpha value is -1.66. The molecule has 0 aliphatic carbocycles. The minimum Gasteiger partial charge on any atom is -0.480 e. The van der Waals surface area contributed by atoms with Gasteiger partial charge in [0.1, 0.15) is 6.04 Å². The standard InChI is InChI=1S/C12H15NO4S/c1-8-2-3-9(18-8)4-5-11(15)13-10(6-7-14)12(16)17/h2-5,10,14H,6-7H2,1H3,(H,13,15)(H,16,17)/b5-4+/t10-/m0/s1. The smallest absolute Gasteiger partial charge is 0.326 e. The van der Waals surface area contributed by atoms with Crippen molar-refractivity contribution in [1.29, 1.82) is 0 Å². The first-order chi connectivity index (χ1) is 8.52. The Bertz CT molecular complexity index is 453. The molecule has 0 aliphatic heterocycles. The van der Waals surface area contributed by atoms with Crippen LogP contribution >= 0.6 is 11.3 Å². The first-order valence-electron chi connectivity index (χ1n) is 5.41. The van der Waals surface area contributed by atoms with Crippen LogP contribution in [0.3, 0.4) is 0 Å². The molecule has 0 aromatic carbocycles. The minimum atomic E-state index is -1.15. The van der Waals surface area contributed by atoms with Gasteiger partial charge in [0.15, 0.2) is 0 Å². The summed E-state index contributed by atoms with van der Waals surface area (Å²) in [6, 6.07) is 2.76. The summed E-state index contributed by atoms with van der Waals surface area (Å²) in [5.41, 5.74) is 0. The Labute approximate surface area is 109 Å². The summed E-state index contributed by atoms with van der Waals surface area (Å²) in [5.74, 6) is -1.64. The van der Waals surface area contributed by atoms with E-state index in [-0.39, 0.29) is 13.0 Å². The van der Waals surface area contributed by atoms with E-state index < -0.39 is 17.9 Å². The van der Waals surface area contributed by atoms with Crippen LogP contribution in [-0.4, -0.2) is 34.7 Å². The number of aliphatic hydroxyl groups is 1. The van der Waals surface area contributed by atoms with Gasteiger partial charge in [-0.25, -0.2) is 4.79 Å². The highest BCUT2D eigenvalue weighted by Crippen LogP contribution is 2.16. The highest BCUT2D eigenvalue weighted by molar-refractivity contribution is 7.12. The SMILES string of the molecule is Cc1ccc(/C=C/C(=O)N[C@@H](CCO)C(=O)O)s1. The molecule has 0 bridgehead atoms. The van der Waals surface area contributed by atoms with Crippen LogP contribution in [-0.2, 0) is 9.59 Å². The predicted molar refractivity (Wildman–Crippen MR) is 69.4 cm³/mol. The third kappa shape index (κ3) is 4.68. The lowest BCUT2D eigenvalue weighted by atomic mass is 10.2. The van der Waals surface area contributed by atoms with Crippen LogP contribution in [0.15, 0.2) is 18.2 Å². The summed E-state index contributed by atoms with van der Waals surface area (Å²) >= 11 is 1.54. The number of nitrogens with one attached hydrogen (secondary N) is 1. The van der Waals surface area contributed by atoms with E-state index in [1.54, 1.807) is 17.4 Å². The van der Waals surface area contributed by atoms with Crippen molar-refractivity contribution < 1.29 is 19.8 Å². The van der Waals surface area contributed by atoms with E-state index in [0.29, 0.717) is 0 Å². The first-order valence-corrected chi connectivity index (χ1v) is 6.23. The fourth-order valence-corrected chi connectivity index (χ4v) is 2.09. The number of carboxylic acid groups (broad SMARTS) is 1. The number of hydrogen-bond donors (Lipinski definition) is 3. The second-order valence-corrected chi connectivity index (χ2v) is 5.01. The van der Waals surface area contributed by atoms with Crippen LogP contribution < -0.4 is 5.32 Å². The Morgan fingerprint density at radius 1 is 1.50 bits per heavy atom. The molecule has 1 atom stereocenters. The molecule has 1 heterocycles. The summed E-state index contributed by atoms with van der Waals surface area (Å²) in [6.07, 6.45) is 2.91. The molecule has 0 unspecified atom stereocenters. The second kappa shape index (κ2) is 6.93. The molecular formula is C12H15NO4S. The summed E-state index contributed by atoms with van der Waals surface area (Å²) in [5, 5.41) is 19.8. The molecule has 0 fully saturated rings. The molecule has 0 radical (unpaired) electrons. The summed E-state index contributed by atoms with van der Waals surface area (Å²) in [7, 11) is 0. The molecule has 18 heavy (non-hydrogen) atoms. The van der Waals surface area contributed by atoms with Crippen LogP contribution in [0.4, 0.5) is 0 Å². The van der Waals surface area contributed by atoms with Crippen molar-refractivity contribution in [2.45, 2.75) is 19.4 Å². The summed E-state index contributed by atoms with van der Waals surface area (Å²) < 4.78 is 0. The molecular weight excluding hydrogens is 254 g/mol. The third-order valence-electron chi connectivity index (χ3n) is 2.19. The lowest BCUT2D eigenvalue weighted by molar-refractivity contribution is -0.141. The Kier molecular flexibility index (Phi) is 5.54. The van der Waals surface area contributed by atoms with Crippen LogP contribution in [0.1, 0.15) is 16.2 Å². The normalized spacial score (nSPS) is 12.6. The molecule has 3 N–H and O–H groups in total. The Balaban J connectivity index is 2.54. The highest BCUT2D eigenvalue weighted by atomic mass is 32.1. The Morgan fingerprint density at radius 3 is 2.72 bits per heavy atom. The van der Waals surface area contributed by atoms with E-state index in [9.17, 15) is 9.59 Å². The van der Waals surface area contributed by atoms with E-state index >= 15 is 0 Å². The van der Waals surface area contributed by atoms with Gasteiger partial charge in [-0.05, 0) is 25.1 Å². The number of rotatable bonds is 6. The van der Waals surface area contributed by atoms with Gasteiger partial charge in [-0.2, -0.15) is 0 Å². The van der Waals surface area contributed by atoms with Crippen molar-refractivity contribution in [3.05, 3.63) is 28.0 Å². The summed E-state index contributed by atoms with van der Waals surface area (Å²) in [4.78, 5) is 24.3. The summed E-state index contributed by atoms with van der Waals surface area (Å²) in [6.45, 7) is 1.68. The molecule has 1 aromatic rings. The van der Waals surface area contributed by atoms with Crippen molar-refractivity contribution in [2.75, 3.05) is 6.61 Å². The zero-order valence-corrected chi connectivity index (χ0v) is 10.7. The van der Waals surface area contributed by atoms with Gasteiger partial charge < -0.3 is 15.5 Å². The highest BCUT2D eigenvalue weighted by Gasteiger charge is 2.17. The minimum absolute atomic E-state index is 0.00692. The van der Waals surface area contributed by atoms with Gasteiger partial charge in [0.05, 0.1) is 0 Å². The predicted octanol–water partition coefficient (Wildman–Crippen LogP) is 1.02. The monoisotopic (exact) mass is 269 g/mol. The molecule has 1 amide bonds.